The Morgan fingerprint density at radius 1 is 1.16 bits per heavy atom. The maximum atomic E-state index is 12.9. The summed E-state index contributed by atoms with van der Waals surface area (Å²) in [5, 5.41) is 0. The summed E-state index contributed by atoms with van der Waals surface area (Å²) in [5.74, 6) is 0.114. The van der Waals surface area contributed by atoms with Crippen LogP contribution in [-0.2, 0) is 19.6 Å². The van der Waals surface area contributed by atoms with Crippen LogP contribution in [-0.4, -0.2) is 74.2 Å². The molecule has 0 spiro atoms. The lowest BCUT2D eigenvalue weighted by atomic mass is 10.1. The second-order valence-corrected chi connectivity index (χ2v) is 9.02. The van der Waals surface area contributed by atoms with Gasteiger partial charge in [-0.05, 0) is 45.1 Å². The van der Waals surface area contributed by atoms with Gasteiger partial charge in [0.1, 0.15) is 6.04 Å². The number of hydrogen-bond acceptors (Lipinski definition) is 5. The molecule has 8 heteroatoms. The first kappa shape index (κ1) is 20.6. The molecule has 1 amide bonds. The van der Waals surface area contributed by atoms with E-state index in [-0.39, 0.29) is 17.8 Å². The molecule has 1 atom stereocenters. The van der Waals surface area contributed by atoms with Crippen LogP contribution in [0.2, 0.25) is 0 Å². The van der Waals surface area contributed by atoms with Crippen molar-refractivity contribution in [2.24, 2.45) is 5.73 Å². The third-order valence-electron chi connectivity index (χ3n) is 5.06. The molecule has 2 fully saturated rings. The lowest BCUT2D eigenvalue weighted by molar-refractivity contribution is -0.137. The molecule has 0 saturated carbocycles. The minimum atomic E-state index is -3.33. The van der Waals surface area contributed by atoms with Gasteiger partial charge in [0.05, 0.1) is 11.9 Å². The molecule has 146 valence electrons. The quantitative estimate of drug-likeness (QED) is 0.605. The number of carbonyl (C=O) groups is 1. The average molecular weight is 376 g/mol. The topological polar surface area (TPSA) is 92.9 Å². The van der Waals surface area contributed by atoms with E-state index < -0.39 is 16.1 Å². The maximum absolute atomic E-state index is 12.9. The number of likely N-dealkylation sites (tertiary alicyclic amines) is 1. The van der Waals surface area contributed by atoms with Crippen LogP contribution in [0.15, 0.2) is 0 Å². The van der Waals surface area contributed by atoms with Gasteiger partial charge in [-0.25, -0.2) is 8.42 Å². The molecule has 0 aromatic heterocycles. The SMILES string of the molecule is CCCCS(=O)(=O)N1CCCC1C(=O)N1CCC(OCCCN)CC1. The highest BCUT2D eigenvalue weighted by molar-refractivity contribution is 7.89. The van der Waals surface area contributed by atoms with Crippen LogP contribution in [0.4, 0.5) is 0 Å². The molecule has 0 bridgehead atoms. The van der Waals surface area contributed by atoms with E-state index in [1.54, 1.807) is 0 Å². The van der Waals surface area contributed by atoms with Crippen molar-refractivity contribution < 1.29 is 17.9 Å². The van der Waals surface area contributed by atoms with E-state index in [0.717, 1.165) is 32.1 Å². The predicted molar refractivity (Wildman–Crippen MR) is 97.6 cm³/mol. The number of rotatable bonds is 9. The largest absolute Gasteiger partial charge is 0.378 e. The van der Waals surface area contributed by atoms with E-state index in [1.807, 2.05) is 11.8 Å². The van der Waals surface area contributed by atoms with Crippen LogP contribution >= 0.6 is 0 Å². The molecule has 7 nitrogen and oxygen atoms in total. The zero-order chi connectivity index (χ0) is 18.3. The highest BCUT2D eigenvalue weighted by atomic mass is 32.2. The molecule has 2 saturated heterocycles. The monoisotopic (exact) mass is 375 g/mol. The molecule has 1 unspecified atom stereocenters. The van der Waals surface area contributed by atoms with Gasteiger partial charge >= 0.3 is 0 Å². The van der Waals surface area contributed by atoms with E-state index in [2.05, 4.69) is 0 Å². The van der Waals surface area contributed by atoms with Crippen LogP contribution in [0, 0.1) is 0 Å². The number of piperidine rings is 1. The standard InChI is InChI=1S/C17H33N3O4S/c1-2-3-14-25(22,23)20-10-4-6-16(20)17(21)19-11-7-15(8-12-19)24-13-5-9-18/h15-16H,2-14,18H2,1H3. The first-order valence-electron chi connectivity index (χ1n) is 9.59. The van der Waals surface area contributed by atoms with Gasteiger partial charge in [-0.3, -0.25) is 4.79 Å². The molecule has 0 aliphatic carbocycles. The van der Waals surface area contributed by atoms with E-state index in [0.29, 0.717) is 45.6 Å². The van der Waals surface area contributed by atoms with Crippen molar-refractivity contribution in [1.82, 2.24) is 9.21 Å². The zero-order valence-electron chi connectivity index (χ0n) is 15.4. The van der Waals surface area contributed by atoms with Crippen molar-refractivity contribution in [3.8, 4) is 0 Å². The van der Waals surface area contributed by atoms with Gasteiger partial charge in [-0.1, -0.05) is 13.3 Å². The molecule has 25 heavy (non-hydrogen) atoms. The summed E-state index contributed by atoms with van der Waals surface area (Å²) in [7, 11) is -3.33. The zero-order valence-corrected chi connectivity index (χ0v) is 16.2. The summed E-state index contributed by atoms with van der Waals surface area (Å²) in [6, 6.07) is -0.503. The summed E-state index contributed by atoms with van der Waals surface area (Å²) in [5.41, 5.74) is 5.47. The Morgan fingerprint density at radius 3 is 2.52 bits per heavy atom. The average Bonchev–Trinajstić information content (AvgIpc) is 3.11. The molecule has 2 heterocycles. The number of ether oxygens (including phenoxy) is 1. The highest BCUT2D eigenvalue weighted by Gasteiger charge is 2.40. The summed E-state index contributed by atoms with van der Waals surface area (Å²) in [6.07, 6.45) is 5.54. The molecular weight excluding hydrogens is 342 g/mol. The minimum Gasteiger partial charge on any atom is -0.378 e. The Morgan fingerprint density at radius 2 is 1.88 bits per heavy atom. The molecule has 2 rings (SSSR count). The summed E-state index contributed by atoms with van der Waals surface area (Å²) < 4.78 is 32.3. The van der Waals surface area contributed by atoms with E-state index in [4.69, 9.17) is 10.5 Å². The van der Waals surface area contributed by atoms with Crippen molar-refractivity contribution in [3.63, 3.8) is 0 Å². The van der Waals surface area contributed by atoms with Crippen LogP contribution in [0.25, 0.3) is 0 Å². The normalized spacial score (nSPS) is 23.3. The second-order valence-electron chi connectivity index (χ2n) is 6.98. The predicted octanol–water partition coefficient (Wildman–Crippen LogP) is 0.937. The highest BCUT2D eigenvalue weighted by Crippen LogP contribution is 2.25. The van der Waals surface area contributed by atoms with Crippen molar-refractivity contribution in [2.45, 2.75) is 64.0 Å². The lowest BCUT2D eigenvalue weighted by Gasteiger charge is -2.35. The van der Waals surface area contributed by atoms with Crippen LogP contribution in [0.5, 0.6) is 0 Å². The number of nitrogens with zero attached hydrogens (tertiary/aromatic N) is 2. The molecule has 0 aromatic carbocycles. The van der Waals surface area contributed by atoms with Crippen molar-refractivity contribution in [1.29, 1.82) is 0 Å². The number of nitrogens with two attached hydrogens (primary N) is 1. The first-order valence-corrected chi connectivity index (χ1v) is 11.2. The summed E-state index contributed by atoms with van der Waals surface area (Å²) in [6.45, 7) is 5.03. The third-order valence-corrected chi connectivity index (χ3v) is 7.01. The Balaban J connectivity index is 1.87. The van der Waals surface area contributed by atoms with Crippen molar-refractivity contribution in [2.75, 3.05) is 38.5 Å². The maximum Gasteiger partial charge on any atom is 0.241 e. The smallest absolute Gasteiger partial charge is 0.241 e. The van der Waals surface area contributed by atoms with Gasteiger partial charge < -0.3 is 15.4 Å². The second kappa shape index (κ2) is 9.85. The van der Waals surface area contributed by atoms with Crippen LogP contribution in [0.3, 0.4) is 0 Å². The Kier molecular flexibility index (Phi) is 8.12. The number of sulfonamides is 1. The number of carbonyl (C=O) groups excluding carboxylic acids is 1. The fourth-order valence-corrected chi connectivity index (χ4v) is 5.43. The van der Waals surface area contributed by atoms with E-state index in [9.17, 15) is 13.2 Å². The molecule has 0 aromatic rings. The summed E-state index contributed by atoms with van der Waals surface area (Å²) >= 11 is 0. The van der Waals surface area contributed by atoms with Gasteiger partial charge in [-0.2, -0.15) is 4.31 Å². The van der Waals surface area contributed by atoms with Gasteiger partial charge in [-0.15, -0.1) is 0 Å². The molecule has 2 aliphatic rings. The Bertz CT molecular complexity index is 518. The fourth-order valence-electron chi connectivity index (χ4n) is 3.55. The van der Waals surface area contributed by atoms with Crippen molar-refractivity contribution in [3.05, 3.63) is 0 Å². The van der Waals surface area contributed by atoms with Gasteiger partial charge in [0.15, 0.2) is 0 Å². The van der Waals surface area contributed by atoms with Crippen molar-refractivity contribution >= 4 is 15.9 Å². The molecule has 2 aliphatic heterocycles. The van der Waals surface area contributed by atoms with Crippen LogP contribution in [0.1, 0.15) is 51.9 Å². The van der Waals surface area contributed by atoms with E-state index >= 15 is 0 Å². The molecule has 2 N–H and O–H groups in total. The Labute approximate surface area is 151 Å². The lowest BCUT2D eigenvalue weighted by Crippen LogP contribution is -2.51. The molecule has 0 radical (unpaired) electrons. The van der Waals surface area contributed by atoms with E-state index in [1.165, 1.54) is 4.31 Å². The fraction of sp³-hybridized carbons (Fsp3) is 0.941. The van der Waals surface area contributed by atoms with Crippen LogP contribution < -0.4 is 5.73 Å². The number of hydrogen-bond donors (Lipinski definition) is 1. The Hall–Kier alpha value is -0.700. The number of amides is 1. The first-order chi connectivity index (χ1) is 12.0. The molecular formula is C17H33N3O4S. The minimum absolute atomic E-state index is 0.0296. The summed E-state index contributed by atoms with van der Waals surface area (Å²) in [4.78, 5) is 14.7. The van der Waals surface area contributed by atoms with Gasteiger partial charge in [0.2, 0.25) is 15.9 Å². The third kappa shape index (κ3) is 5.64. The number of unbranched alkanes of at least 4 members (excludes halogenated alkanes) is 1. The van der Waals surface area contributed by atoms with Gasteiger partial charge in [0, 0.05) is 26.2 Å². The van der Waals surface area contributed by atoms with Gasteiger partial charge in [0.25, 0.3) is 0 Å².